The number of rotatable bonds is 5. The Labute approximate surface area is 123 Å². The Morgan fingerprint density at radius 2 is 2.19 bits per heavy atom. The van der Waals surface area contributed by atoms with Gasteiger partial charge in [-0.25, -0.2) is 9.97 Å². The van der Waals surface area contributed by atoms with Crippen molar-refractivity contribution in [3.63, 3.8) is 0 Å². The van der Waals surface area contributed by atoms with Gasteiger partial charge in [0.05, 0.1) is 6.54 Å². The number of likely N-dealkylation sites (N-methyl/N-ethyl adjacent to an activating group) is 1. The molecule has 1 saturated heterocycles. The second kappa shape index (κ2) is 7.65. The lowest BCUT2D eigenvalue weighted by Gasteiger charge is -2.34. The largest absolute Gasteiger partial charge is 0.355 e. The van der Waals surface area contributed by atoms with Gasteiger partial charge in [-0.3, -0.25) is 19.8 Å². The van der Waals surface area contributed by atoms with Crippen LogP contribution < -0.4 is 16.0 Å². The van der Waals surface area contributed by atoms with Gasteiger partial charge >= 0.3 is 0 Å². The maximum atomic E-state index is 12.0. The van der Waals surface area contributed by atoms with Crippen LogP contribution in [-0.4, -0.2) is 65.4 Å². The summed E-state index contributed by atoms with van der Waals surface area (Å²) in [6.45, 7) is 4.53. The van der Waals surface area contributed by atoms with Crippen LogP contribution in [0.5, 0.6) is 0 Å². The first-order valence-corrected chi connectivity index (χ1v) is 7.00. The number of nitrogens with zero attached hydrogens (tertiary/aromatic N) is 3. The molecule has 2 rings (SSSR count). The number of carbonyl (C=O) groups excluding carboxylic acids is 2. The molecule has 1 aliphatic heterocycles. The zero-order valence-electron chi connectivity index (χ0n) is 12.0. The van der Waals surface area contributed by atoms with Gasteiger partial charge in [0, 0.05) is 38.6 Å². The molecule has 8 heteroatoms. The first-order valence-electron chi connectivity index (χ1n) is 7.00. The number of anilines is 1. The van der Waals surface area contributed by atoms with Crippen LogP contribution in [0.25, 0.3) is 0 Å². The highest BCUT2D eigenvalue weighted by Crippen LogP contribution is 2.04. The molecule has 1 unspecified atom stereocenters. The fraction of sp³-hybridized carbons (Fsp3) is 0.538. The Bertz CT molecular complexity index is 481. The monoisotopic (exact) mass is 292 g/mol. The van der Waals surface area contributed by atoms with Crippen LogP contribution in [0, 0.1) is 0 Å². The summed E-state index contributed by atoms with van der Waals surface area (Å²) in [5.41, 5.74) is 0. The van der Waals surface area contributed by atoms with E-state index in [9.17, 15) is 9.59 Å². The lowest BCUT2D eigenvalue weighted by atomic mass is 10.1. The van der Waals surface area contributed by atoms with Crippen molar-refractivity contribution in [3.05, 3.63) is 18.5 Å². The SMILES string of the molecule is CCNC(=O)C1CNCCN1CC(=O)Nc1ncccn1. The smallest absolute Gasteiger partial charge is 0.240 e. The minimum absolute atomic E-state index is 0.0616. The van der Waals surface area contributed by atoms with Crippen molar-refractivity contribution < 1.29 is 9.59 Å². The Morgan fingerprint density at radius 3 is 2.90 bits per heavy atom. The van der Waals surface area contributed by atoms with Gasteiger partial charge in [0.1, 0.15) is 6.04 Å². The molecule has 3 N–H and O–H groups in total. The van der Waals surface area contributed by atoms with E-state index in [1.807, 2.05) is 11.8 Å². The second-order valence-electron chi connectivity index (χ2n) is 4.71. The molecule has 8 nitrogen and oxygen atoms in total. The summed E-state index contributed by atoms with van der Waals surface area (Å²) in [7, 11) is 0. The number of hydrogen-bond acceptors (Lipinski definition) is 6. The zero-order valence-corrected chi connectivity index (χ0v) is 12.0. The molecule has 21 heavy (non-hydrogen) atoms. The fourth-order valence-corrected chi connectivity index (χ4v) is 2.20. The van der Waals surface area contributed by atoms with Crippen molar-refractivity contribution in [2.45, 2.75) is 13.0 Å². The van der Waals surface area contributed by atoms with Crippen molar-refractivity contribution in [1.82, 2.24) is 25.5 Å². The predicted octanol–water partition coefficient (Wildman–Crippen LogP) is -1.17. The van der Waals surface area contributed by atoms with Gasteiger partial charge in [0.25, 0.3) is 0 Å². The van der Waals surface area contributed by atoms with E-state index in [1.54, 1.807) is 18.5 Å². The van der Waals surface area contributed by atoms with E-state index in [0.29, 0.717) is 19.6 Å². The van der Waals surface area contributed by atoms with Gasteiger partial charge in [-0.2, -0.15) is 0 Å². The molecule has 0 spiro atoms. The highest BCUT2D eigenvalue weighted by molar-refractivity contribution is 5.91. The maximum Gasteiger partial charge on any atom is 0.240 e. The molecule has 2 heterocycles. The van der Waals surface area contributed by atoms with Gasteiger partial charge in [-0.05, 0) is 13.0 Å². The van der Waals surface area contributed by atoms with E-state index in [4.69, 9.17) is 0 Å². The number of piperazine rings is 1. The van der Waals surface area contributed by atoms with Gasteiger partial charge < -0.3 is 10.6 Å². The van der Waals surface area contributed by atoms with E-state index in [-0.39, 0.29) is 30.3 Å². The Hall–Kier alpha value is -2.06. The molecule has 0 saturated carbocycles. The normalized spacial score (nSPS) is 19.0. The summed E-state index contributed by atoms with van der Waals surface area (Å²) in [5, 5.41) is 8.59. The minimum atomic E-state index is -0.332. The minimum Gasteiger partial charge on any atom is -0.355 e. The average Bonchev–Trinajstić information content (AvgIpc) is 2.49. The number of hydrogen-bond donors (Lipinski definition) is 3. The highest BCUT2D eigenvalue weighted by atomic mass is 16.2. The summed E-state index contributed by atoms with van der Waals surface area (Å²) in [6.07, 6.45) is 3.12. The first kappa shape index (κ1) is 15.3. The molecular weight excluding hydrogens is 272 g/mol. The van der Waals surface area contributed by atoms with Crippen LogP contribution in [0.3, 0.4) is 0 Å². The fourth-order valence-electron chi connectivity index (χ4n) is 2.20. The molecule has 2 amide bonds. The lowest BCUT2D eigenvalue weighted by Crippen LogP contribution is -2.59. The molecule has 1 aromatic heterocycles. The van der Waals surface area contributed by atoms with Crippen molar-refractivity contribution in [3.8, 4) is 0 Å². The molecule has 1 aliphatic rings. The van der Waals surface area contributed by atoms with Crippen LogP contribution in [0.1, 0.15) is 6.92 Å². The summed E-state index contributed by atoms with van der Waals surface area (Å²) >= 11 is 0. The van der Waals surface area contributed by atoms with E-state index in [0.717, 1.165) is 6.54 Å². The van der Waals surface area contributed by atoms with Crippen molar-refractivity contribution in [2.75, 3.05) is 38.0 Å². The third kappa shape index (κ3) is 4.47. The third-order valence-electron chi connectivity index (χ3n) is 3.17. The highest BCUT2D eigenvalue weighted by Gasteiger charge is 2.29. The molecule has 0 bridgehead atoms. The van der Waals surface area contributed by atoms with Gasteiger partial charge in [-0.15, -0.1) is 0 Å². The summed E-state index contributed by atoms with van der Waals surface area (Å²) in [4.78, 5) is 33.8. The Balaban J connectivity index is 1.92. The predicted molar refractivity (Wildman–Crippen MR) is 77.6 cm³/mol. The van der Waals surface area contributed by atoms with Crippen molar-refractivity contribution >= 4 is 17.8 Å². The number of aromatic nitrogens is 2. The van der Waals surface area contributed by atoms with E-state index in [2.05, 4.69) is 25.9 Å². The van der Waals surface area contributed by atoms with Crippen LogP contribution >= 0.6 is 0 Å². The first-order chi connectivity index (χ1) is 10.2. The molecule has 1 atom stereocenters. The molecule has 1 aromatic rings. The molecule has 0 aromatic carbocycles. The van der Waals surface area contributed by atoms with Crippen LogP contribution in [-0.2, 0) is 9.59 Å². The molecular formula is C13H20N6O2. The number of amides is 2. The molecule has 1 fully saturated rings. The van der Waals surface area contributed by atoms with E-state index in [1.165, 1.54) is 0 Å². The summed E-state index contributed by atoms with van der Waals surface area (Å²) in [6, 6.07) is 1.35. The average molecular weight is 292 g/mol. The van der Waals surface area contributed by atoms with Crippen LogP contribution in [0.4, 0.5) is 5.95 Å². The second-order valence-corrected chi connectivity index (χ2v) is 4.71. The summed E-state index contributed by atoms with van der Waals surface area (Å²) < 4.78 is 0. The van der Waals surface area contributed by atoms with E-state index < -0.39 is 0 Å². The quantitative estimate of drug-likeness (QED) is 0.632. The number of nitrogens with one attached hydrogen (secondary N) is 3. The standard InChI is InChI=1S/C13H20N6O2/c1-2-15-12(21)10-8-14-6-7-19(10)9-11(20)18-13-16-4-3-5-17-13/h3-5,10,14H,2,6-9H2,1H3,(H,15,21)(H,16,17,18,20). The third-order valence-corrected chi connectivity index (χ3v) is 3.17. The van der Waals surface area contributed by atoms with Crippen LogP contribution in [0.2, 0.25) is 0 Å². The van der Waals surface area contributed by atoms with Crippen LogP contribution in [0.15, 0.2) is 18.5 Å². The van der Waals surface area contributed by atoms with Crippen molar-refractivity contribution in [1.29, 1.82) is 0 Å². The molecule has 0 aliphatic carbocycles. The van der Waals surface area contributed by atoms with E-state index >= 15 is 0 Å². The summed E-state index contributed by atoms with van der Waals surface area (Å²) in [5.74, 6) is -0.0157. The number of carbonyl (C=O) groups is 2. The zero-order chi connectivity index (χ0) is 15.1. The van der Waals surface area contributed by atoms with Gasteiger partial charge in [0.15, 0.2) is 0 Å². The van der Waals surface area contributed by atoms with Gasteiger partial charge in [-0.1, -0.05) is 0 Å². The Kier molecular flexibility index (Phi) is 5.59. The van der Waals surface area contributed by atoms with Crippen molar-refractivity contribution in [2.24, 2.45) is 0 Å². The molecule has 0 radical (unpaired) electrons. The van der Waals surface area contributed by atoms with Gasteiger partial charge in [0.2, 0.25) is 17.8 Å². The maximum absolute atomic E-state index is 12.0. The molecule has 114 valence electrons. The lowest BCUT2D eigenvalue weighted by molar-refractivity contribution is -0.128. The Morgan fingerprint density at radius 1 is 1.43 bits per heavy atom. The topological polar surface area (TPSA) is 99.2 Å².